The molecule has 0 aromatic heterocycles. The molecule has 0 aliphatic rings. The number of amides is 1. The molecule has 3 aromatic carbocycles. The molecule has 3 aromatic rings. The number of carbonyl (C=O) groups is 1. The number of sulfonamides is 1. The fraction of sp³-hybridized carbons (Fsp3) is 0.424. The lowest BCUT2D eigenvalue weighted by Gasteiger charge is -2.30. The minimum Gasteiger partial charge on any atom is -0.494 e. The quantitative estimate of drug-likeness (QED) is 0.257. The van der Waals surface area contributed by atoms with Gasteiger partial charge in [0.1, 0.15) is 12.3 Å². The van der Waals surface area contributed by atoms with Gasteiger partial charge in [-0.25, -0.2) is 8.42 Å². The van der Waals surface area contributed by atoms with Crippen molar-refractivity contribution in [1.29, 1.82) is 0 Å². The number of hydrogen-bond donors (Lipinski definition) is 1. The molecule has 0 aliphatic heterocycles. The van der Waals surface area contributed by atoms with Gasteiger partial charge in [0.05, 0.1) is 17.2 Å². The SMILES string of the molecule is CCOc1ccc(NC(=O)CN(c2cccc(C)c2C)S(=O)(=O)c2c(C(C)C)cc(C(C)C)cc2C(C)C)cc1. The van der Waals surface area contributed by atoms with E-state index >= 15 is 0 Å². The third-order valence-corrected chi connectivity index (χ3v) is 9.10. The maximum Gasteiger partial charge on any atom is 0.265 e. The molecule has 216 valence electrons. The summed E-state index contributed by atoms with van der Waals surface area (Å²) in [6.45, 7) is 18.2. The Kier molecular flexibility index (Phi) is 10.1. The van der Waals surface area contributed by atoms with Gasteiger partial charge >= 0.3 is 0 Å². The van der Waals surface area contributed by atoms with Gasteiger partial charge in [-0.05, 0) is 96.7 Å². The van der Waals surface area contributed by atoms with Crippen molar-refractivity contribution in [3.05, 3.63) is 82.4 Å². The molecule has 0 saturated carbocycles. The van der Waals surface area contributed by atoms with E-state index in [1.54, 1.807) is 30.3 Å². The average molecular weight is 565 g/mol. The third-order valence-electron chi connectivity index (χ3n) is 7.21. The van der Waals surface area contributed by atoms with Crippen LogP contribution in [-0.4, -0.2) is 27.5 Å². The Balaban J connectivity index is 2.17. The number of benzene rings is 3. The number of nitrogens with zero attached hydrogens (tertiary/aromatic N) is 1. The number of carbonyl (C=O) groups excluding carboxylic acids is 1. The standard InChI is InChI=1S/C33H44N2O4S/c1-10-39-28-16-14-27(15-17-28)34-32(36)20-35(31-13-11-12-24(8)25(31)9)40(37,38)33-29(22(4)5)18-26(21(2)3)19-30(33)23(6)7/h11-19,21-23H,10,20H2,1-9H3,(H,34,36). The largest absolute Gasteiger partial charge is 0.494 e. The smallest absolute Gasteiger partial charge is 0.265 e. The summed E-state index contributed by atoms with van der Waals surface area (Å²) < 4.78 is 36.3. The van der Waals surface area contributed by atoms with Crippen molar-refractivity contribution >= 4 is 27.3 Å². The molecule has 7 heteroatoms. The van der Waals surface area contributed by atoms with E-state index in [4.69, 9.17) is 4.74 Å². The van der Waals surface area contributed by atoms with Crippen LogP contribution in [0.2, 0.25) is 0 Å². The molecule has 0 spiro atoms. The first-order chi connectivity index (χ1) is 18.8. The predicted octanol–water partition coefficient (Wildman–Crippen LogP) is 7.91. The molecule has 0 aliphatic carbocycles. The van der Waals surface area contributed by atoms with Crippen LogP contribution in [0.4, 0.5) is 11.4 Å². The molecule has 3 rings (SSSR count). The maximum absolute atomic E-state index is 14.8. The van der Waals surface area contributed by atoms with Crippen molar-refractivity contribution in [3.63, 3.8) is 0 Å². The first-order valence-electron chi connectivity index (χ1n) is 14.1. The Morgan fingerprint density at radius 3 is 1.95 bits per heavy atom. The van der Waals surface area contributed by atoms with Gasteiger partial charge in [-0.3, -0.25) is 9.10 Å². The summed E-state index contributed by atoms with van der Waals surface area (Å²) in [6, 6.07) is 16.6. The van der Waals surface area contributed by atoms with Crippen LogP contribution in [0.1, 0.15) is 94.0 Å². The normalized spacial score (nSPS) is 11.8. The Morgan fingerprint density at radius 2 is 1.45 bits per heavy atom. The van der Waals surface area contributed by atoms with E-state index in [0.29, 0.717) is 28.6 Å². The first-order valence-corrected chi connectivity index (χ1v) is 15.5. The molecule has 6 nitrogen and oxygen atoms in total. The summed E-state index contributed by atoms with van der Waals surface area (Å²) in [5.74, 6) is 0.469. The van der Waals surface area contributed by atoms with E-state index in [0.717, 1.165) is 27.8 Å². The lowest BCUT2D eigenvalue weighted by atomic mass is 9.89. The Hall–Kier alpha value is -3.32. The zero-order valence-corrected chi connectivity index (χ0v) is 26.1. The highest BCUT2D eigenvalue weighted by Crippen LogP contribution is 2.38. The Morgan fingerprint density at radius 1 is 0.875 bits per heavy atom. The number of nitrogens with one attached hydrogen (secondary N) is 1. The molecule has 0 unspecified atom stereocenters. The number of ether oxygens (including phenoxy) is 1. The topological polar surface area (TPSA) is 75.7 Å². The molecular weight excluding hydrogens is 520 g/mol. The van der Waals surface area contributed by atoms with Crippen LogP contribution in [-0.2, 0) is 14.8 Å². The Bertz CT molecular complexity index is 1410. The van der Waals surface area contributed by atoms with Crippen molar-refractivity contribution in [1.82, 2.24) is 0 Å². The van der Waals surface area contributed by atoms with Gasteiger partial charge in [0.25, 0.3) is 10.0 Å². The Labute approximate surface area is 240 Å². The lowest BCUT2D eigenvalue weighted by molar-refractivity contribution is -0.114. The van der Waals surface area contributed by atoms with Gasteiger partial charge in [-0.2, -0.15) is 0 Å². The van der Waals surface area contributed by atoms with Gasteiger partial charge in [0, 0.05) is 5.69 Å². The van der Waals surface area contributed by atoms with Crippen molar-refractivity contribution < 1.29 is 17.9 Å². The monoisotopic (exact) mass is 564 g/mol. The lowest BCUT2D eigenvalue weighted by Crippen LogP contribution is -2.39. The van der Waals surface area contributed by atoms with Crippen LogP contribution in [0.25, 0.3) is 0 Å². The first kappa shape index (κ1) is 31.2. The molecule has 0 bridgehead atoms. The molecule has 1 N–H and O–H groups in total. The number of anilines is 2. The highest BCUT2D eigenvalue weighted by Gasteiger charge is 2.34. The van der Waals surface area contributed by atoms with E-state index in [2.05, 4.69) is 19.2 Å². The van der Waals surface area contributed by atoms with Gasteiger partial charge in [0.15, 0.2) is 0 Å². The van der Waals surface area contributed by atoms with Crippen LogP contribution < -0.4 is 14.4 Å². The number of hydrogen-bond acceptors (Lipinski definition) is 4. The van der Waals surface area contributed by atoms with E-state index in [9.17, 15) is 13.2 Å². The zero-order valence-electron chi connectivity index (χ0n) is 25.3. The minimum atomic E-state index is -4.14. The van der Waals surface area contributed by atoms with Crippen molar-refractivity contribution in [2.45, 2.75) is 85.0 Å². The van der Waals surface area contributed by atoms with Crippen LogP contribution in [0.15, 0.2) is 59.5 Å². The van der Waals surface area contributed by atoms with Gasteiger partial charge in [0.2, 0.25) is 5.91 Å². The van der Waals surface area contributed by atoms with Gasteiger partial charge in [-0.15, -0.1) is 0 Å². The highest BCUT2D eigenvalue weighted by molar-refractivity contribution is 7.93. The van der Waals surface area contributed by atoms with Gasteiger partial charge < -0.3 is 10.1 Å². The molecule has 0 saturated heterocycles. The fourth-order valence-corrected chi connectivity index (χ4v) is 6.88. The van der Waals surface area contributed by atoms with E-state index < -0.39 is 15.9 Å². The summed E-state index contributed by atoms with van der Waals surface area (Å²) in [7, 11) is -4.14. The molecule has 0 fully saturated rings. The predicted molar refractivity (Wildman–Crippen MR) is 165 cm³/mol. The van der Waals surface area contributed by atoms with Crippen LogP contribution in [0.5, 0.6) is 5.75 Å². The molecule has 40 heavy (non-hydrogen) atoms. The van der Waals surface area contributed by atoms with E-state index in [-0.39, 0.29) is 24.3 Å². The number of aryl methyl sites for hydroxylation is 1. The van der Waals surface area contributed by atoms with Crippen molar-refractivity contribution in [2.24, 2.45) is 0 Å². The zero-order chi connectivity index (χ0) is 29.8. The summed E-state index contributed by atoms with van der Waals surface area (Å²) >= 11 is 0. The summed E-state index contributed by atoms with van der Waals surface area (Å²) in [5, 5.41) is 2.87. The second-order valence-corrected chi connectivity index (χ2v) is 13.0. The van der Waals surface area contributed by atoms with Gasteiger partial charge in [-0.1, -0.05) is 65.8 Å². The van der Waals surface area contributed by atoms with E-state index in [1.807, 2.05) is 72.7 Å². The highest BCUT2D eigenvalue weighted by atomic mass is 32.2. The summed E-state index contributed by atoms with van der Waals surface area (Å²) in [5.41, 5.74) is 5.49. The minimum absolute atomic E-state index is 0.0286. The molecule has 1 amide bonds. The van der Waals surface area contributed by atoms with E-state index in [1.165, 1.54) is 4.31 Å². The molecule has 0 heterocycles. The summed E-state index contributed by atoms with van der Waals surface area (Å²) in [6.07, 6.45) is 0. The molecule has 0 radical (unpaired) electrons. The second kappa shape index (κ2) is 12.9. The van der Waals surface area contributed by atoms with Crippen molar-refractivity contribution in [2.75, 3.05) is 22.8 Å². The van der Waals surface area contributed by atoms with Crippen LogP contribution >= 0.6 is 0 Å². The van der Waals surface area contributed by atoms with Crippen molar-refractivity contribution in [3.8, 4) is 5.75 Å². The summed E-state index contributed by atoms with van der Waals surface area (Å²) in [4.78, 5) is 13.7. The van der Waals surface area contributed by atoms with Crippen LogP contribution in [0.3, 0.4) is 0 Å². The van der Waals surface area contributed by atoms with Crippen LogP contribution in [0, 0.1) is 13.8 Å². The fourth-order valence-electron chi connectivity index (χ4n) is 4.74. The molecular formula is C33H44N2O4S. The molecule has 0 atom stereocenters. The second-order valence-electron chi connectivity index (χ2n) is 11.2. The average Bonchev–Trinajstić information content (AvgIpc) is 2.89. The third kappa shape index (κ3) is 6.87. The maximum atomic E-state index is 14.8. The number of rotatable bonds is 11.